The van der Waals surface area contributed by atoms with Crippen molar-refractivity contribution in [2.24, 2.45) is 0 Å². The molecule has 1 aliphatic heterocycles. The molecule has 2 aromatic carbocycles. The van der Waals surface area contributed by atoms with Gasteiger partial charge in [-0.3, -0.25) is 14.4 Å². The van der Waals surface area contributed by atoms with Crippen molar-refractivity contribution in [3.8, 4) is 5.75 Å². The first-order valence-electron chi connectivity index (χ1n) is 11.2. The summed E-state index contributed by atoms with van der Waals surface area (Å²) in [5.41, 5.74) is 1.47. The number of rotatable bonds is 9. The molecule has 0 spiro atoms. The van der Waals surface area contributed by atoms with Gasteiger partial charge in [-0.2, -0.15) is 0 Å². The standard InChI is InChI=1S/C24H27Cl2N5O6/c1-29-13-21(32)30(14-31(29)24(36)28-11-15-3-6-17(37-2)7-4-15)20(10-22(33)34)23(35)27-12-16-5-8-18(25)19(26)9-16/h3-9,20H,10-14H2,1-2H3,(H,27,35)(H,28,36)(H,33,34)/t20-/m0/s1. The molecule has 4 amide bonds. The van der Waals surface area contributed by atoms with Crippen LogP contribution in [-0.2, 0) is 27.5 Å². The van der Waals surface area contributed by atoms with E-state index >= 15 is 0 Å². The molecule has 37 heavy (non-hydrogen) atoms. The number of methoxy groups -OCH3 is 1. The Bertz CT molecular complexity index is 1160. The van der Waals surface area contributed by atoms with Crippen LogP contribution in [0.3, 0.4) is 0 Å². The zero-order valence-corrected chi connectivity index (χ0v) is 21.8. The number of carboxylic acid groups (broad SMARTS) is 1. The highest BCUT2D eigenvalue weighted by Crippen LogP contribution is 2.22. The highest BCUT2D eigenvalue weighted by Gasteiger charge is 2.39. The number of urea groups is 1. The number of halogens is 2. The van der Waals surface area contributed by atoms with Crippen LogP contribution >= 0.6 is 23.2 Å². The Kier molecular flexibility index (Phi) is 9.56. The molecular weight excluding hydrogens is 525 g/mol. The van der Waals surface area contributed by atoms with E-state index in [4.69, 9.17) is 27.9 Å². The number of hydrogen-bond donors (Lipinski definition) is 3. The third-order valence-electron chi connectivity index (χ3n) is 5.72. The average Bonchev–Trinajstić information content (AvgIpc) is 2.87. The number of nitrogens with one attached hydrogen (secondary N) is 2. The molecule has 1 aliphatic rings. The molecule has 1 fully saturated rings. The fourth-order valence-electron chi connectivity index (χ4n) is 3.67. The fraction of sp³-hybridized carbons (Fsp3) is 0.333. The van der Waals surface area contributed by atoms with Gasteiger partial charge in [0, 0.05) is 20.1 Å². The summed E-state index contributed by atoms with van der Waals surface area (Å²) in [7, 11) is 3.11. The smallest absolute Gasteiger partial charge is 0.333 e. The predicted octanol–water partition coefficient (Wildman–Crippen LogP) is 2.32. The molecule has 3 rings (SSSR count). The van der Waals surface area contributed by atoms with Crippen LogP contribution in [0.1, 0.15) is 17.5 Å². The number of amides is 4. The van der Waals surface area contributed by atoms with Gasteiger partial charge < -0.3 is 25.4 Å². The maximum Gasteiger partial charge on any atom is 0.333 e. The topological polar surface area (TPSA) is 132 Å². The van der Waals surface area contributed by atoms with Crippen LogP contribution in [0.25, 0.3) is 0 Å². The highest BCUT2D eigenvalue weighted by molar-refractivity contribution is 6.42. The largest absolute Gasteiger partial charge is 0.497 e. The third kappa shape index (κ3) is 7.48. The van der Waals surface area contributed by atoms with Gasteiger partial charge in [-0.15, -0.1) is 0 Å². The number of ether oxygens (including phenoxy) is 1. The van der Waals surface area contributed by atoms with Crippen LogP contribution in [0.5, 0.6) is 5.75 Å². The summed E-state index contributed by atoms with van der Waals surface area (Å²) in [6.45, 7) is -0.266. The number of benzene rings is 2. The molecule has 1 saturated heterocycles. The van der Waals surface area contributed by atoms with E-state index in [1.807, 2.05) is 0 Å². The summed E-state index contributed by atoms with van der Waals surface area (Å²) in [5, 5.41) is 18.1. The summed E-state index contributed by atoms with van der Waals surface area (Å²) < 4.78 is 5.12. The van der Waals surface area contributed by atoms with E-state index in [0.717, 1.165) is 10.5 Å². The summed E-state index contributed by atoms with van der Waals surface area (Å²) in [4.78, 5) is 51.3. The van der Waals surface area contributed by atoms with Gasteiger partial charge in [0.25, 0.3) is 0 Å². The maximum atomic E-state index is 13.0. The van der Waals surface area contributed by atoms with Crippen LogP contribution in [0, 0.1) is 0 Å². The fourth-order valence-corrected chi connectivity index (χ4v) is 3.99. The number of hydrogen-bond acceptors (Lipinski definition) is 6. The SMILES string of the molecule is COc1ccc(CNC(=O)N2CN([C@@H](CC(=O)O)C(=O)NCc3ccc(Cl)c(Cl)c3)C(=O)CN2C)cc1. The highest BCUT2D eigenvalue weighted by atomic mass is 35.5. The second kappa shape index (κ2) is 12.6. The number of carbonyl (C=O) groups excluding carboxylic acids is 3. The molecule has 0 aliphatic carbocycles. The van der Waals surface area contributed by atoms with E-state index < -0.39 is 36.3 Å². The first-order chi connectivity index (χ1) is 17.6. The minimum Gasteiger partial charge on any atom is -0.497 e. The van der Waals surface area contributed by atoms with Crippen molar-refractivity contribution >= 4 is 47.0 Å². The second-order valence-corrected chi connectivity index (χ2v) is 9.12. The Morgan fingerprint density at radius 1 is 1.03 bits per heavy atom. The van der Waals surface area contributed by atoms with Crippen LogP contribution in [0.2, 0.25) is 10.0 Å². The number of nitrogens with zero attached hydrogens (tertiary/aromatic N) is 3. The first kappa shape index (κ1) is 28.0. The summed E-state index contributed by atoms with van der Waals surface area (Å²) in [5.74, 6) is -1.75. The predicted molar refractivity (Wildman–Crippen MR) is 136 cm³/mol. The lowest BCUT2D eigenvalue weighted by molar-refractivity contribution is -0.160. The van der Waals surface area contributed by atoms with E-state index in [-0.39, 0.29) is 26.3 Å². The van der Waals surface area contributed by atoms with Crippen LogP contribution in [-0.4, -0.2) is 77.3 Å². The molecular formula is C24H27Cl2N5O6. The average molecular weight is 552 g/mol. The zero-order chi connectivity index (χ0) is 27.1. The van der Waals surface area contributed by atoms with E-state index in [0.29, 0.717) is 21.4 Å². The van der Waals surface area contributed by atoms with Crippen molar-refractivity contribution in [2.75, 3.05) is 27.4 Å². The Labute approximate surface area is 223 Å². The van der Waals surface area contributed by atoms with Gasteiger partial charge in [0.2, 0.25) is 11.8 Å². The van der Waals surface area contributed by atoms with E-state index in [2.05, 4.69) is 10.6 Å². The van der Waals surface area contributed by atoms with Gasteiger partial charge in [-0.1, -0.05) is 41.4 Å². The molecule has 198 valence electrons. The van der Waals surface area contributed by atoms with Crippen molar-refractivity contribution in [1.29, 1.82) is 0 Å². The van der Waals surface area contributed by atoms with Crippen LogP contribution in [0.4, 0.5) is 4.79 Å². The molecule has 3 N–H and O–H groups in total. The molecule has 0 unspecified atom stereocenters. The van der Waals surface area contributed by atoms with E-state index in [1.54, 1.807) is 56.6 Å². The lowest BCUT2D eigenvalue weighted by Crippen LogP contribution is -2.65. The molecule has 0 saturated carbocycles. The van der Waals surface area contributed by atoms with Crippen molar-refractivity contribution in [2.45, 2.75) is 25.6 Å². The van der Waals surface area contributed by atoms with Gasteiger partial charge in [0.05, 0.1) is 30.1 Å². The normalized spacial score (nSPS) is 14.8. The molecule has 1 atom stereocenters. The summed E-state index contributed by atoms with van der Waals surface area (Å²) in [6.07, 6.45) is -0.635. The monoisotopic (exact) mass is 551 g/mol. The zero-order valence-electron chi connectivity index (χ0n) is 20.2. The first-order valence-corrected chi connectivity index (χ1v) is 12.0. The van der Waals surface area contributed by atoms with Gasteiger partial charge in [0.15, 0.2) is 0 Å². The Balaban J connectivity index is 1.68. The lowest BCUT2D eigenvalue weighted by atomic mass is 10.1. The maximum absolute atomic E-state index is 13.0. The van der Waals surface area contributed by atoms with Gasteiger partial charge in [-0.25, -0.2) is 14.8 Å². The second-order valence-electron chi connectivity index (χ2n) is 8.31. The molecule has 0 radical (unpaired) electrons. The summed E-state index contributed by atoms with van der Waals surface area (Å²) >= 11 is 11.9. The van der Waals surface area contributed by atoms with Crippen molar-refractivity contribution in [3.63, 3.8) is 0 Å². The molecule has 13 heteroatoms. The number of likely N-dealkylation sites (N-methyl/N-ethyl adjacent to an activating group) is 1. The molecule has 2 aromatic rings. The lowest BCUT2D eigenvalue weighted by Gasteiger charge is -2.43. The Morgan fingerprint density at radius 2 is 1.68 bits per heavy atom. The number of hydrazine groups is 1. The van der Waals surface area contributed by atoms with Gasteiger partial charge in [-0.05, 0) is 35.4 Å². The molecule has 11 nitrogen and oxygen atoms in total. The minimum atomic E-state index is -1.33. The number of aliphatic carboxylic acids is 1. The third-order valence-corrected chi connectivity index (χ3v) is 6.46. The van der Waals surface area contributed by atoms with Crippen LogP contribution < -0.4 is 15.4 Å². The van der Waals surface area contributed by atoms with Crippen molar-refractivity contribution in [1.82, 2.24) is 25.6 Å². The van der Waals surface area contributed by atoms with Gasteiger partial charge >= 0.3 is 12.0 Å². The number of carbonyl (C=O) groups is 4. The quantitative estimate of drug-likeness (QED) is 0.435. The van der Waals surface area contributed by atoms with E-state index in [9.17, 15) is 24.3 Å². The van der Waals surface area contributed by atoms with E-state index in [1.165, 1.54) is 10.0 Å². The molecule has 0 bridgehead atoms. The molecule has 1 heterocycles. The van der Waals surface area contributed by atoms with Crippen molar-refractivity contribution in [3.05, 3.63) is 63.6 Å². The Morgan fingerprint density at radius 3 is 2.30 bits per heavy atom. The number of carboxylic acids is 1. The molecule has 0 aromatic heterocycles. The van der Waals surface area contributed by atoms with Crippen molar-refractivity contribution < 1.29 is 29.0 Å². The van der Waals surface area contributed by atoms with Gasteiger partial charge in [0.1, 0.15) is 18.5 Å². The Hall–Kier alpha value is -3.54. The summed E-state index contributed by atoms with van der Waals surface area (Å²) in [6, 6.07) is 10.1. The van der Waals surface area contributed by atoms with Crippen LogP contribution in [0.15, 0.2) is 42.5 Å². The minimum absolute atomic E-state index is 0.0415.